The van der Waals surface area contributed by atoms with Gasteiger partial charge in [0.2, 0.25) is 5.96 Å². The maximum atomic E-state index is 12.0. The van der Waals surface area contributed by atoms with Gasteiger partial charge in [-0.2, -0.15) is 0 Å². The normalized spacial score (nSPS) is 17.4. The molecule has 0 saturated carbocycles. The van der Waals surface area contributed by atoms with Gasteiger partial charge in [-0.05, 0) is 35.4 Å². The van der Waals surface area contributed by atoms with E-state index in [0.29, 0.717) is 28.2 Å². The Kier molecular flexibility index (Phi) is 4.65. The van der Waals surface area contributed by atoms with E-state index in [1.165, 1.54) is 0 Å². The van der Waals surface area contributed by atoms with E-state index in [9.17, 15) is 4.79 Å². The quantitative estimate of drug-likeness (QED) is 0.835. The van der Waals surface area contributed by atoms with Crippen molar-refractivity contribution in [1.82, 2.24) is 10.6 Å². The lowest BCUT2D eigenvalue weighted by Gasteiger charge is -2.00. The highest BCUT2D eigenvalue weighted by molar-refractivity contribution is 6.32. The monoisotopic (exact) mass is 345 g/mol. The summed E-state index contributed by atoms with van der Waals surface area (Å²) >= 11 is 11.9. The van der Waals surface area contributed by atoms with Gasteiger partial charge in [0.15, 0.2) is 0 Å². The maximum Gasteiger partial charge on any atom is 0.274 e. The summed E-state index contributed by atoms with van der Waals surface area (Å²) in [5.74, 6) is 0.183. The Hall–Kier alpha value is -2.30. The van der Waals surface area contributed by atoms with E-state index in [4.69, 9.17) is 23.2 Å². The Morgan fingerprint density at radius 1 is 1.00 bits per heavy atom. The molecule has 1 heterocycles. The first-order valence-electron chi connectivity index (χ1n) is 6.95. The minimum Gasteiger partial charge on any atom is -0.321 e. The summed E-state index contributed by atoms with van der Waals surface area (Å²) in [6, 6.07) is 14.7. The highest BCUT2D eigenvalue weighted by atomic mass is 35.5. The van der Waals surface area contributed by atoms with Gasteiger partial charge in [-0.15, -0.1) is 0 Å². The van der Waals surface area contributed by atoms with Crippen LogP contribution >= 0.6 is 23.2 Å². The highest BCUT2D eigenvalue weighted by Gasteiger charge is 2.21. The number of hydrogen-bond donors (Lipinski definition) is 2. The molecule has 0 atom stereocenters. The van der Waals surface area contributed by atoms with Crippen molar-refractivity contribution in [2.24, 2.45) is 4.99 Å². The lowest BCUT2D eigenvalue weighted by atomic mass is 10.2. The van der Waals surface area contributed by atoms with Gasteiger partial charge >= 0.3 is 0 Å². The number of benzene rings is 2. The van der Waals surface area contributed by atoms with Gasteiger partial charge in [0.05, 0.1) is 6.54 Å². The van der Waals surface area contributed by atoms with Gasteiger partial charge in [-0.25, -0.2) is 4.99 Å². The zero-order valence-electron chi connectivity index (χ0n) is 12.0. The van der Waals surface area contributed by atoms with Crippen molar-refractivity contribution in [3.05, 3.63) is 75.4 Å². The predicted octanol–water partition coefficient (Wildman–Crippen LogP) is 3.61. The molecule has 2 aromatic rings. The van der Waals surface area contributed by atoms with E-state index < -0.39 is 0 Å². The van der Waals surface area contributed by atoms with Crippen molar-refractivity contribution in [2.45, 2.75) is 6.54 Å². The molecule has 2 N–H and O–H groups in total. The molecule has 6 heteroatoms. The Labute approximate surface area is 143 Å². The number of carbonyl (C=O) groups excluding carboxylic acids is 1. The lowest BCUT2D eigenvalue weighted by molar-refractivity contribution is -0.115. The molecule has 1 fully saturated rings. The van der Waals surface area contributed by atoms with Crippen molar-refractivity contribution >= 4 is 41.1 Å². The van der Waals surface area contributed by atoms with Crippen LogP contribution in [0.1, 0.15) is 11.1 Å². The van der Waals surface area contributed by atoms with Crippen molar-refractivity contribution in [2.75, 3.05) is 0 Å². The third-order valence-electron chi connectivity index (χ3n) is 3.27. The number of guanidine groups is 1. The molecule has 23 heavy (non-hydrogen) atoms. The molecular weight excluding hydrogens is 333 g/mol. The fourth-order valence-electron chi connectivity index (χ4n) is 2.08. The number of nitrogens with one attached hydrogen (secondary N) is 2. The van der Waals surface area contributed by atoms with Gasteiger partial charge in [0.25, 0.3) is 5.91 Å². The smallest absolute Gasteiger partial charge is 0.274 e. The van der Waals surface area contributed by atoms with Crippen LogP contribution in [0, 0.1) is 0 Å². The molecule has 1 amide bonds. The Balaban J connectivity index is 1.73. The molecule has 116 valence electrons. The van der Waals surface area contributed by atoms with E-state index >= 15 is 0 Å². The predicted molar refractivity (Wildman–Crippen MR) is 93.3 cm³/mol. The van der Waals surface area contributed by atoms with Crippen molar-refractivity contribution in [1.29, 1.82) is 0 Å². The van der Waals surface area contributed by atoms with Crippen molar-refractivity contribution < 1.29 is 4.79 Å². The molecular formula is C17H13Cl2N3O. The first kappa shape index (κ1) is 15.6. The van der Waals surface area contributed by atoms with E-state index in [2.05, 4.69) is 15.6 Å². The first-order chi connectivity index (χ1) is 11.1. The molecule has 0 aromatic heterocycles. The average molecular weight is 346 g/mol. The Morgan fingerprint density at radius 2 is 1.74 bits per heavy atom. The maximum absolute atomic E-state index is 12.0. The molecule has 0 unspecified atom stereocenters. The second-order valence-electron chi connectivity index (χ2n) is 4.95. The Morgan fingerprint density at radius 3 is 2.48 bits per heavy atom. The minimum atomic E-state index is -0.236. The summed E-state index contributed by atoms with van der Waals surface area (Å²) in [7, 11) is 0. The summed E-state index contributed by atoms with van der Waals surface area (Å²) in [5.41, 5.74) is 2.18. The standard InChI is InChI=1S/C17H13Cl2N3O/c18-13-7-5-11(6-8-13)10-20-17-21-15(16(23)22-17)9-12-3-1-2-4-14(12)19/h1-9H,10H2,(H2,20,21,22,23)/b15-9-. The average Bonchev–Trinajstić information content (AvgIpc) is 2.89. The number of rotatable bonds is 3. The van der Waals surface area contributed by atoms with E-state index in [1.54, 1.807) is 24.3 Å². The zero-order valence-corrected chi connectivity index (χ0v) is 13.5. The Bertz CT molecular complexity index is 798. The van der Waals surface area contributed by atoms with Crippen LogP contribution in [-0.2, 0) is 11.3 Å². The molecule has 1 saturated heterocycles. The number of halogens is 2. The van der Waals surface area contributed by atoms with Crippen LogP contribution in [0.4, 0.5) is 0 Å². The second kappa shape index (κ2) is 6.86. The number of aliphatic imine (C=N–C) groups is 1. The van der Waals surface area contributed by atoms with Gasteiger partial charge in [-0.3, -0.25) is 10.1 Å². The molecule has 1 aliphatic rings. The molecule has 2 aromatic carbocycles. The van der Waals surface area contributed by atoms with Gasteiger partial charge in [-0.1, -0.05) is 53.5 Å². The molecule has 4 nitrogen and oxygen atoms in total. The van der Waals surface area contributed by atoms with Crippen molar-refractivity contribution in [3.8, 4) is 0 Å². The number of carbonyl (C=O) groups is 1. The third kappa shape index (κ3) is 3.92. The topological polar surface area (TPSA) is 53.5 Å². The largest absolute Gasteiger partial charge is 0.321 e. The lowest BCUT2D eigenvalue weighted by Crippen LogP contribution is -2.25. The molecule has 0 bridgehead atoms. The number of nitrogens with zero attached hydrogens (tertiary/aromatic N) is 1. The van der Waals surface area contributed by atoms with Crippen LogP contribution in [0.3, 0.4) is 0 Å². The number of hydrogen-bond acceptors (Lipinski definition) is 2. The van der Waals surface area contributed by atoms with Crippen molar-refractivity contribution in [3.63, 3.8) is 0 Å². The summed E-state index contributed by atoms with van der Waals surface area (Å²) < 4.78 is 0. The van der Waals surface area contributed by atoms with Gasteiger partial charge in [0, 0.05) is 10.0 Å². The fraction of sp³-hybridized carbons (Fsp3) is 0.0588. The van der Waals surface area contributed by atoms with Gasteiger partial charge < -0.3 is 5.32 Å². The molecule has 0 aliphatic carbocycles. The van der Waals surface area contributed by atoms with Crippen LogP contribution in [-0.4, -0.2) is 11.9 Å². The fourth-order valence-corrected chi connectivity index (χ4v) is 2.40. The van der Waals surface area contributed by atoms with E-state index in [-0.39, 0.29) is 5.91 Å². The van der Waals surface area contributed by atoms with Crippen LogP contribution in [0.15, 0.2) is 59.2 Å². The summed E-state index contributed by atoms with van der Waals surface area (Å²) in [6.45, 7) is 0.444. The third-order valence-corrected chi connectivity index (χ3v) is 3.86. The van der Waals surface area contributed by atoms with Crippen LogP contribution in [0.5, 0.6) is 0 Å². The second-order valence-corrected chi connectivity index (χ2v) is 5.79. The summed E-state index contributed by atoms with van der Waals surface area (Å²) in [6.07, 6.45) is 1.70. The van der Waals surface area contributed by atoms with Crippen LogP contribution < -0.4 is 10.6 Å². The van der Waals surface area contributed by atoms with Crippen LogP contribution in [0.25, 0.3) is 6.08 Å². The van der Waals surface area contributed by atoms with E-state index in [1.807, 2.05) is 30.3 Å². The molecule has 3 rings (SSSR count). The summed E-state index contributed by atoms with van der Waals surface area (Å²) in [5, 5.41) is 6.92. The molecule has 0 spiro atoms. The zero-order chi connectivity index (χ0) is 16.2. The van der Waals surface area contributed by atoms with Crippen LogP contribution in [0.2, 0.25) is 10.0 Å². The molecule has 1 aliphatic heterocycles. The highest BCUT2D eigenvalue weighted by Crippen LogP contribution is 2.18. The van der Waals surface area contributed by atoms with Gasteiger partial charge in [0.1, 0.15) is 5.70 Å². The molecule has 0 radical (unpaired) electrons. The van der Waals surface area contributed by atoms with E-state index in [0.717, 1.165) is 11.1 Å². The minimum absolute atomic E-state index is 0.236. The first-order valence-corrected chi connectivity index (χ1v) is 7.71. The number of amides is 1. The summed E-state index contributed by atoms with van der Waals surface area (Å²) in [4.78, 5) is 16.3. The SMILES string of the molecule is O=C1NC(=NCc2ccc(Cl)cc2)N/C1=C\c1ccccc1Cl.